The summed E-state index contributed by atoms with van der Waals surface area (Å²) < 4.78 is 16.6. The lowest BCUT2D eigenvalue weighted by molar-refractivity contribution is -0.167. The molecule has 0 rings (SSSR count). The molecule has 0 aliphatic carbocycles. The van der Waals surface area contributed by atoms with Crippen molar-refractivity contribution in [2.45, 2.75) is 259 Å². The van der Waals surface area contributed by atoms with Crippen molar-refractivity contribution < 1.29 is 28.6 Å². The summed E-state index contributed by atoms with van der Waals surface area (Å²) in [5, 5.41) is 0. The molecule has 0 saturated carbocycles. The summed E-state index contributed by atoms with van der Waals surface area (Å²) in [7, 11) is 0. The van der Waals surface area contributed by atoms with Gasteiger partial charge in [0.2, 0.25) is 0 Å². The summed E-state index contributed by atoms with van der Waals surface area (Å²) in [5.41, 5.74) is 0. The van der Waals surface area contributed by atoms with Gasteiger partial charge in [0.15, 0.2) is 6.10 Å². The first kappa shape index (κ1) is 51.4. The van der Waals surface area contributed by atoms with Gasteiger partial charge in [0.05, 0.1) is 0 Å². The minimum atomic E-state index is -0.758. The van der Waals surface area contributed by atoms with E-state index in [0.717, 1.165) is 76.0 Å². The summed E-state index contributed by atoms with van der Waals surface area (Å²) in [6.45, 7) is 11.3. The van der Waals surface area contributed by atoms with Crippen LogP contribution in [0.3, 0.4) is 0 Å². The van der Waals surface area contributed by atoms with E-state index >= 15 is 0 Å². The molecular weight excluding hydrogens is 661 g/mol. The Labute approximate surface area is 329 Å². The van der Waals surface area contributed by atoms with Crippen LogP contribution in [0, 0.1) is 11.8 Å². The number of carbonyl (C=O) groups is 3. The van der Waals surface area contributed by atoms with Crippen LogP contribution < -0.4 is 0 Å². The van der Waals surface area contributed by atoms with Crippen LogP contribution in [0.4, 0.5) is 0 Å². The van der Waals surface area contributed by atoms with E-state index in [-0.39, 0.29) is 31.1 Å². The minimum absolute atomic E-state index is 0.0659. The van der Waals surface area contributed by atoms with Gasteiger partial charge in [-0.15, -0.1) is 0 Å². The predicted octanol–water partition coefficient (Wildman–Crippen LogP) is 14.6. The zero-order valence-corrected chi connectivity index (χ0v) is 36.1. The van der Waals surface area contributed by atoms with Gasteiger partial charge in [0, 0.05) is 19.3 Å². The van der Waals surface area contributed by atoms with E-state index in [1.807, 2.05) is 0 Å². The molecule has 0 aliphatic rings. The van der Waals surface area contributed by atoms with Crippen LogP contribution in [0.5, 0.6) is 0 Å². The largest absolute Gasteiger partial charge is 0.462 e. The second kappa shape index (κ2) is 40.1. The quantitative estimate of drug-likeness (QED) is 0.0352. The zero-order valence-electron chi connectivity index (χ0n) is 36.1. The maximum Gasteiger partial charge on any atom is 0.306 e. The molecule has 0 spiro atoms. The fraction of sp³-hybridized carbons (Fsp3) is 0.936. The van der Waals surface area contributed by atoms with Gasteiger partial charge in [-0.05, 0) is 31.1 Å². The minimum Gasteiger partial charge on any atom is -0.462 e. The van der Waals surface area contributed by atoms with Crippen LogP contribution in [0.1, 0.15) is 253 Å². The third kappa shape index (κ3) is 41.4. The van der Waals surface area contributed by atoms with Crippen molar-refractivity contribution in [1.29, 1.82) is 0 Å². The number of hydrogen-bond donors (Lipinski definition) is 0. The molecule has 0 aromatic carbocycles. The average Bonchev–Trinajstić information content (AvgIpc) is 3.12. The first-order valence-corrected chi connectivity index (χ1v) is 23.2. The van der Waals surface area contributed by atoms with Crippen LogP contribution in [-0.4, -0.2) is 37.2 Å². The number of esters is 3. The van der Waals surface area contributed by atoms with E-state index in [0.29, 0.717) is 19.3 Å². The molecule has 53 heavy (non-hydrogen) atoms. The molecule has 0 bridgehead atoms. The monoisotopic (exact) mass is 751 g/mol. The van der Waals surface area contributed by atoms with E-state index in [1.54, 1.807) is 0 Å². The molecule has 0 aliphatic heterocycles. The number of ether oxygens (including phenoxy) is 3. The highest BCUT2D eigenvalue weighted by Gasteiger charge is 2.19. The van der Waals surface area contributed by atoms with E-state index in [1.165, 1.54) is 135 Å². The normalized spacial score (nSPS) is 12.1. The molecule has 0 unspecified atom stereocenters. The Morgan fingerprint density at radius 3 is 0.925 bits per heavy atom. The number of carbonyl (C=O) groups excluding carboxylic acids is 3. The average molecular weight is 751 g/mol. The Morgan fingerprint density at radius 1 is 0.358 bits per heavy atom. The Hall–Kier alpha value is -1.59. The highest BCUT2D eigenvalue weighted by Crippen LogP contribution is 2.17. The van der Waals surface area contributed by atoms with E-state index in [4.69, 9.17) is 14.2 Å². The molecule has 0 amide bonds. The Kier molecular flexibility index (Phi) is 38.9. The molecule has 6 heteroatoms. The maximum absolute atomic E-state index is 12.5. The summed E-state index contributed by atoms with van der Waals surface area (Å²) in [6.07, 6.45) is 38.3. The Morgan fingerprint density at radius 2 is 0.623 bits per heavy atom. The van der Waals surface area contributed by atoms with Gasteiger partial charge in [-0.2, -0.15) is 0 Å². The van der Waals surface area contributed by atoms with E-state index < -0.39 is 6.10 Å². The van der Waals surface area contributed by atoms with Crippen molar-refractivity contribution >= 4 is 17.9 Å². The molecule has 0 aromatic heterocycles. The first-order valence-electron chi connectivity index (χ1n) is 23.2. The molecule has 0 heterocycles. The molecule has 0 saturated heterocycles. The molecule has 1 atom stereocenters. The predicted molar refractivity (Wildman–Crippen MR) is 224 cm³/mol. The number of hydrogen-bond acceptors (Lipinski definition) is 6. The zero-order chi connectivity index (χ0) is 39.0. The number of unbranched alkanes of at least 4 members (excludes halogenated alkanes) is 26. The van der Waals surface area contributed by atoms with Crippen LogP contribution >= 0.6 is 0 Å². The SMILES string of the molecule is CCCCCCCC(=O)O[C@H](COC(=O)CCCCCCCCCCCCCCCC(C)C)COC(=O)CCCCCCCCCCCCCC(C)C. The topological polar surface area (TPSA) is 78.9 Å². The highest BCUT2D eigenvalue weighted by atomic mass is 16.6. The van der Waals surface area contributed by atoms with Gasteiger partial charge in [-0.25, -0.2) is 0 Å². The lowest BCUT2D eigenvalue weighted by atomic mass is 10.0. The van der Waals surface area contributed by atoms with Crippen LogP contribution in [0.2, 0.25) is 0 Å². The van der Waals surface area contributed by atoms with Gasteiger partial charge >= 0.3 is 17.9 Å². The standard InChI is InChI=1S/C47H90O6/c1-6-7-8-25-34-39-47(50)53-44(41-52-46(49)38-33-29-24-20-16-12-14-18-22-27-31-36-43(4)5)40-51-45(48)37-32-28-23-19-15-11-9-10-13-17-21-26-30-35-42(2)3/h42-44H,6-41H2,1-5H3/t44-/m1/s1. The fourth-order valence-corrected chi connectivity index (χ4v) is 6.93. The fourth-order valence-electron chi connectivity index (χ4n) is 6.93. The van der Waals surface area contributed by atoms with Crippen molar-refractivity contribution in [1.82, 2.24) is 0 Å². The maximum atomic E-state index is 12.5. The van der Waals surface area contributed by atoms with Crippen molar-refractivity contribution in [3.05, 3.63) is 0 Å². The number of rotatable bonds is 41. The van der Waals surface area contributed by atoms with Gasteiger partial charge in [-0.3, -0.25) is 14.4 Å². The third-order valence-corrected chi connectivity index (χ3v) is 10.5. The molecular formula is C47H90O6. The van der Waals surface area contributed by atoms with E-state index in [2.05, 4.69) is 34.6 Å². The van der Waals surface area contributed by atoms with Crippen LogP contribution in [0.15, 0.2) is 0 Å². The molecule has 0 fully saturated rings. The molecule has 0 N–H and O–H groups in total. The molecule has 0 aromatic rings. The molecule has 6 nitrogen and oxygen atoms in total. The summed E-state index contributed by atoms with van der Waals surface area (Å²) >= 11 is 0. The first-order chi connectivity index (χ1) is 25.7. The lowest BCUT2D eigenvalue weighted by Gasteiger charge is -2.18. The van der Waals surface area contributed by atoms with E-state index in [9.17, 15) is 14.4 Å². The third-order valence-electron chi connectivity index (χ3n) is 10.5. The van der Waals surface area contributed by atoms with Crippen molar-refractivity contribution in [3.8, 4) is 0 Å². The van der Waals surface area contributed by atoms with Crippen molar-refractivity contribution in [2.24, 2.45) is 11.8 Å². The Bertz CT molecular complexity index is 809. The van der Waals surface area contributed by atoms with Gasteiger partial charge < -0.3 is 14.2 Å². The van der Waals surface area contributed by atoms with Gasteiger partial charge in [0.1, 0.15) is 13.2 Å². The smallest absolute Gasteiger partial charge is 0.306 e. The van der Waals surface area contributed by atoms with Gasteiger partial charge in [-0.1, -0.05) is 214 Å². The van der Waals surface area contributed by atoms with Crippen molar-refractivity contribution in [2.75, 3.05) is 13.2 Å². The molecule has 0 radical (unpaired) electrons. The van der Waals surface area contributed by atoms with Crippen LogP contribution in [0.25, 0.3) is 0 Å². The summed E-state index contributed by atoms with van der Waals surface area (Å²) in [6, 6.07) is 0. The van der Waals surface area contributed by atoms with Crippen molar-refractivity contribution in [3.63, 3.8) is 0 Å². The summed E-state index contributed by atoms with van der Waals surface area (Å²) in [5.74, 6) is 0.797. The second-order valence-electron chi connectivity index (χ2n) is 17.0. The van der Waals surface area contributed by atoms with Gasteiger partial charge in [0.25, 0.3) is 0 Å². The highest BCUT2D eigenvalue weighted by molar-refractivity contribution is 5.71. The summed E-state index contributed by atoms with van der Waals surface area (Å²) in [4.78, 5) is 37.5. The second-order valence-corrected chi connectivity index (χ2v) is 17.0. The molecule has 314 valence electrons. The lowest BCUT2D eigenvalue weighted by Crippen LogP contribution is -2.30. The Balaban J connectivity index is 4.12. The van der Waals surface area contributed by atoms with Crippen LogP contribution in [-0.2, 0) is 28.6 Å².